The zero-order valence-electron chi connectivity index (χ0n) is 13.2. The van der Waals surface area contributed by atoms with E-state index in [2.05, 4.69) is 26.1 Å². The van der Waals surface area contributed by atoms with Crippen LogP contribution in [0.5, 0.6) is 17.2 Å². The normalized spacial score (nSPS) is 10.5. The molecular formula is C17H15BrN2O4. The average Bonchev–Trinajstić information content (AvgIpc) is 3.09. The van der Waals surface area contributed by atoms with E-state index in [4.69, 9.17) is 18.6 Å². The highest BCUT2D eigenvalue weighted by Crippen LogP contribution is 2.31. The Balaban J connectivity index is 1.72. The first-order valence-corrected chi connectivity index (χ1v) is 7.92. The lowest BCUT2D eigenvalue weighted by molar-refractivity contribution is 0.264. The summed E-state index contributed by atoms with van der Waals surface area (Å²) in [5.41, 5.74) is 0.745. The third-order valence-electron chi connectivity index (χ3n) is 3.27. The Morgan fingerprint density at radius 3 is 2.42 bits per heavy atom. The van der Waals surface area contributed by atoms with Gasteiger partial charge in [0.05, 0.1) is 14.2 Å². The van der Waals surface area contributed by atoms with Gasteiger partial charge in [-0.05, 0) is 42.5 Å². The maximum atomic E-state index is 5.64. The Labute approximate surface area is 147 Å². The van der Waals surface area contributed by atoms with Crippen LogP contribution < -0.4 is 14.2 Å². The number of rotatable bonds is 6. The molecule has 0 aliphatic rings. The Bertz CT molecular complexity index is 818. The van der Waals surface area contributed by atoms with Gasteiger partial charge in [0.2, 0.25) is 5.89 Å². The van der Waals surface area contributed by atoms with E-state index < -0.39 is 0 Å². The molecule has 3 aromatic rings. The van der Waals surface area contributed by atoms with E-state index in [9.17, 15) is 0 Å². The van der Waals surface area contributed by atoms with Crippen LogP contribution in [0.1, 0.15) is 5.89 Å². The number of aromatic nitrogens is 2. The van der Waals surface area contributed by atoms with Crippen molar-refractivity contribution in [2.45, 2.75) is 6.61 Å². The first kappa shape index (κ1) is 16.3. The molecule has 6 nitrogen and oxygen atoms in total. The molecule has 0 saturated carbocycles. The van der Waals surface area contributed by atoms with E-state index in [1.807, 2.05) is 30.3 Å². The lowest BCUT2D eigenvalue weighted by Crippen LogP contribution is -1.95. The minimum atomic E-state index is 0.196. The van der Waals surface area contributed by atoms with Crippen molar-refractivity contribution in [2.24, 2.45) is 0 Å². The summed E-state index contributed by atoms with van der Waals surface area (Å²) in [5.74, 6) is 2.75. The van der Waals surface area contributed by atoms with Crippen LogP contribution in [0.3, 0.4) is 0 Å². The van der Waals surface area contributed by atoms with E-state index in [-0.39, 0.29) is 6.61 Å². The molecule has 3 rings (SSSR count). The van der Waals surface area contributed by atoms with Crippen LogP contribution in [0, 0.1) is 0 Å². The minimum Gasteiger partial charge on any atom is -0.493 e. The van der Waals surface area contributed by atoms with Crippen LogP contribution in [0.4, 0.5) is 0 Å². The van der Waals surface area contributed by atoms with Crippen LogP contribution in [0.2, 0.25) is 0 Å². The average molecular weight is 391 g/mol. The van der Waals surface area contributed by atoms with Crippen LogP contribution >= 0.6 is 15.9 Å². The quantitative estimate of drug-likeness (QED) is 0.631. The lowest BCUT2D eigenvalue weighted by atomic mass is 10.2. The lowest BCUT2D eigenvalue weighted by Gasteiger charge is -2.07. The maximum Gasteiger partial charge on any atom is 0.254 e. The molecule has 0 saturated heterocycles. The van der Waals surface area contributed by atoms with Gasteiger partial charge >= 0.3 is 0 Å². The Morgan fingerprint density at radius 1 is 0.958 bits per heavy atom. The molecule has 0 spiro atoms. The smallest absolute Gasteiger partial charge is 0.254 e. The molecule has 0 bridgehead atoms. The highest BCUT2D eigenvalue weighted by Gasteiger charge is 2.12. The van der Waals surface area contributed by atoms with Gasteiger partial charge in [0, 0.05) is 10.0 Å². The second kappa shape index (κ2) is 7.35. The number of hydrogen-bond acceptors (Lipinski definition) is 6. The number of halogens is 1. The maximum absolute atomic E-state index is 5.64. The van der Waals surface area contributed by atoms with Gasteiger partial charge < -0.3 is 18.6 Å². The molecule has 1 heterocycles. The van der Waals surface area contributed by atoms with Crippen molar-refractivity contribution in [1.82, 2.24) is 10.2 Å². The molecule has 0 aliphatic carbocycles. The fourth-order valence-electron chi connectivity index (χ4n) is 2.07. The number of benzene rings is 2. The monoisotopic (exact) mass is 390 g/mol. The van der Waals surface area contributed by atoms with Crippen LogP contribution in [-0.4, -0.2) is 24.4 Å². The van der Waals surface area contributed by atoms with Gasteiger partial charge in [-0.3, -0.25) is 0 Å². The van der Waals surface area contributed by atoms with Gasteiger partial charge in [-0.15, -0.1) is 10.2 Å². The summed E-state index contributed by atoms with van der Waals surface area (Å²) in [7, 11) is 3.16. The van der Waals surface area contributed by atoms with E-state index in [1.54, 1.807) is 26.4 Å². The van der Waals surface area contributed by atoms with E-state index in [0.29, 0.717) is 23.3 Å². The molecule has 0 fully saturated rings. The van der Waals surface area contributed by atoms with Crippen molar-refractivity contribution in [3.63, 3.8) is 0 Å². The second-order valence-corrected chi connectivity index (χ2v) is 5.73. The number of methoxy groups -OCH3 is 2. The number of hydrogen-bond donors (Lipinski definition) is 0. The molecule has 0 amide bonds. The first-order chi connectivity index (χ1) is 11.7. The standard InChI is InChI=1S/C17H15BrN2O4/c1-21-14-8-3-11(9-15(14)22-2)17-20-19-16(24-17)10-23-13-6-4-12(18)5-7-13/h3-9H,10H2,1-2H3. The van der Waals surface area contributed by atoms with Crippen molar-refractivity contribution in [2.75, 3.05) is 14.2 Å². The molecule has 0 atom stereocenters. The van der Waals surface area contributed by atoms with Crippen molar-refractivity contribution in [1.29, 1.82) is 0 Å². The van der Waals surface area contributed by atoms with Crippen molar-refractivity contribution < 1.29 is 18.6 Å². The topological polar surface area (TPSA) is 66.6 Å². The van der Waals surface area contributed by atoms with Crippen molar-refractivity contribution in [3.8, 4) is 28.7 Å². The third kappa shape index (κ3) is 3.68. The van der Waals surface area contributed by atoms with Gasteiger partial charge in [-0.2, -0.15) is 0 Å². The molecule has 124 valence electrons. The van der Waals surface area contributed by atoms with Crippen LogP contribution in [0.15, 0.2) is 51.4 Å². The SMILES string of the molecule is COc1ccc(-c2nnc(COc3ccc(Br)cc3)o2)cc1OC. The van der Waals surface area contributed by atoms with Gasteiger partial charge in [-0.1, -0.05) is 15.9 Å². The summed E-state index contributed by atoms with van der Waals surface area (Å²) in [5, 5.41) is 8.04. The molecule has 0 radical (unpaired) electrons. The van der Waals surface area contributed by atoms with Crippen LogP contribution in [0.25, 0.3) is 11.5 Å². The predicted molar refractivity (Wildman–Crippen MR) is 91.3 cm³/mol. The summed E-state index contributed by atoms with van der Waals surface area (Å²) in [6.07, 6.45) is 0. The highest BCUT2D eigenvalue weighted by molar-refractivity contribution is 9.10. The zero-order chi connectivity index (χ0) is 16.9. The largest absolute Gasteiger partial charge is 0.493 e. The van der Waals surface area contributed by atoms with Gasteiger partial charge in [0.25, 0.3) is 5.89 Å². The van der Waals surface area contributed by atoms with Crippen molar-refractivity contribution >= 4 is 15.9 Å². The molecule has 0 N–H and O–H groups in total. The van der Waals surface area contributed by atoms with Gasteiger partial charge in [0.15, 0.2) is 18.1 Å². The molecule has 0 aliphatic heterocycles. The fraction of sp³-hybridized carbons (Fsp3) is 0.176. The summed E-state index contributed by atoms with van der Waals surface area (Å²) in [6, 6.07) is 12.9. The highest BCUT2D eigenvalue weighted by atomic mass is 79.9. The van der Waals surface area contributed by atoms with Crippen LogP contribution in [-0.2, 0) is 6.61 Å². The Morgan fingerprint density at radius 2 is 1.71 bits per heavy atom. The minimum absolute atomic E-state index is 0.196. The fourth-order valence-corrected chi connectivity index (χ4v) is 2.34. The number of ether oxygens (including phenoxy) is 3. The first-order valence-electron chi connectivity index (χ1n) is 7.12. The summed E-state index contributed by atoms with van der Waals surface area (Å²) >= 11 is 3.38. The molecule has 0 unspecified atom stereocenters. The number of nitrogens with zero attached hydrogens (tertiary/aromatic N) is 2. The third-order valence-corrected chi connectivity index (χ3v) is 3.80. The zero-order valence-corrected chi connectivity index (χ0v) is 14.7. The van der Waals surface area contributed by atoms with Gasteiger partial charge in [-0.25, -0.2) is 0 Å². The Hall–Kier alpha value is -2.54. The summed E-state index contributed by atoms with van der Waals surface area (Å²) < 4.78 is 22.7. The second-order valence-electron chi connectivity index (χ2n) is 4.81. The molecule has 2 aromatic carbocycles. The predicted octanol–water partition coefficient (Wildman–Crippen LogP) is 4.10. The van der Waals surface area contributed by atoms with E-state index in [1.165, 1.54) is 0 Å². The van der Waals surface area contributed by atoms with E-state index in [0.717, 1.165) is 15.8 Å². The molecule has 7 heteroatoms. The summed E-state index contributed by atoms with van der Waals surface area (Å²) in [6.45, 7) is 0.196. The Kier molecular flexibility index (Phi) is 5.00. The molecule has 24 heavy (non-hydrogen) atoms. The van der Waals surface area contributed by atoms with E-state index >= 15 is 0 Å². The molecular weight excluding hydrogens is 376 g/mol. The summed E-state index contributed by atoms with van der Waals surface area (Å²) in [4.78, 5) is 0. The molecule has 1 aromatic heterocycles. The van der Waals surface area contributed by atoms with Gasteiger partial charge in [0.1, 0.15) is 5.75 Å². The van der Waals surface area contributed by atoms with Crippen molar-refractivity contribution in [3.05, 3.63) is 52.8 Å².